The van der Waals surface area contributed by atoms with Gasteiger partial charge in [-0.15, -0.1) is 0 Å². The zero-order chi connectivity index (χ0) is 11.3. The van der Waals surface area contributed by atoms with Gasteiger partial charge in [-0.3, -0.25) is 9.79 Å². The molecule has 4 nitrogen and oxygen atoms in total. The molecule has 2 N–H and O–H groups in total. The minimum absolute atomic E-state index is 0. The summed E-state index contributed by atoms with van der Waals surface area (Å²) in [6.07, 6.45) is 3.21. The molecule has 0 radical (unpaired) electrons. The Morgan fingerprint density at radius 1 is 1.25 bits per heavy atom. The summed E-state index contributed by atoms with van der Waals surface area (Å²) in [5.74, 6) is 0.198. The van der Waals surface area contributed by atoms with Crippen LogP contribution in [0.4, 0.5) is 0 Å². The summed E-state index contributed by atoms with van der Waals surface area (Å²) in [6, 6.07) is 6.79. The van der Waals surface area contributed by atoms with E-state index in [4.69, 9.17) is 9.79 Å². The van der Waals surface area contributed by atoms with Crippen LogP contribution in [0.3, 0.4) is 0 Å². The maximum atomic E-state index is 10.5. The van der Waals surface area contributed by atoms with Crippen LogP contribution in [0.1, 0.15) is 25.3 Å². The van der Waals surface area contributed by atoms with Crippen molar-refractivity contribution in [2.24, 2.45) is 0 Å². The predicted molar refractivity (Wildman–Crippen MR) is 64.9 cm³/mol. The van der Waals surface area contributed by atoms with Gasteiger partial charge in [0, 0.05) is 0 Å². The first-order chi connectivity index (χ1) is 7.01. The van der Waals surface area contributed by atoms with Gasteiger partial charge in [-0.05, 0) is 30.5 Å². The first-order valence-electron chi connectivity index (χ1n) is 4.85. The third-order valence-corrected chi connectivity index (χ3v) is 2.42. The summed E-state index contributed by atoms with van der Waals surface area (Å²) in [6.45, 7) is 2.12. The molecule has 16 heavy (non-hydrogen) atoms. The number of phosphoric ester groups is 1. The van der Waals surface area contributed by atoms with Crippen LogP contribution in [0.15, 0.2) is 24.3 Å². The molecule has 86 valence electrons. The molecule has 0 atom stereocenters. The van der Waals surface area contributed by atoms with E-state index in [0.29, 0.717) is 0 Å². The van der Waals surface area contributed by atoms with Gasteiger partial charge in [0.1, 0.15) is 5.75 Å². The van der Waals surface area contributed by atoms with Crippen molar-refractivity contribution in [2.75, 3.05) is 0 Å². The third kappa shape index (κ3) is 6.69. The van der Waals surface area contributed by atoms with Gasteiger partial charge in [-0.1, -0.05) is 25.5 Å². The Bertz CT molecular complexity index is 346. The molecule has 0 bridgehead atoms. The SMILES string of the molecule is CCCCc1ccc(OP(=O)(O)O)cc1.[NaH]. The number of hydrogen-bond acceptors (Lipinski definition) is 2. The topological polar surface area (TPSA) is 66.8 Å². The van der Waals surface area contributed by atoms with E-state index in [1.165, 1.54) is 0 Å². The van der Waals surface area contributed by atoms with Gasteiger partial charge in [-0.2, -0.15) is 0 Å². The van der Waals surface area contributed by atoms with Crippen molar-refractivity contribution in [1.82, 2.24) is 0 Å². The first-order valence-corrected chi connectivity index (χ1v) is 6.38. The first kappa shape index (κ1) is 16.2. The zero-order valence-corrected chi connectivity index (χ0v) is 9.48. The van der Waals surface area contributed by atoms with Crippen LogP contribution in [0.25, 0.3) is 0 Å². The Hall–Kier alpha value is 0.170. The van der Waals surface area contributed by atoms with Crippen LogP contribution in [-0.2, 0) is 11.0 Å². The number of hydrogen-bond donors (Lipinski definition) is 2. The second kappa shape index (κ2) is 7.49. The van der Waals surface area contributed by atoms with Gasteiger partial charge in [-0.25, -0.2) is 4.57 Å². The molecule has 0 saturated carbocycles. The number of benzene rings is 1. The molecule has 1 aromatic rings. The fourth-order valence-corrected chi connectivity index (χ4v) is 1.63. The Morgan fingerprint density at radius 3 is 2.25 bits per heavy atom. The van der Waals surface area contributed by atoms with Crippen molar-refractivity contribution in [3.8, 4) is 5.75 Å². The second-order valence-corrected chi connectivity index (χ2v) is 4.49. The molecule has 1 rings (SSSR count). The van der Waals surface area contributed by atoms with Gasteiger partial charge >= 0.3 is 37.4 Å². The number of aryl methyl sites for hydroxylation is 1. The number of phosphoric acid groups is 1. The van der Waals surface area contributed by atoms with E-state index in [1.54, 1.807) is 12.1 Å². The van der Waals surface area contributed by atoms with Gasteiger partial charge in [0.15, 0.2) is 0 Å². The van der Waals surface area contributed by atoms with Crippen molar-refractivity contribution in [2.45, 2.75) is 26.2 Å². The summed E-state index contributed by atoms with van der Waals surface area (Å²) in [5, 5.41) is 0. The monoisotopic (exact) mass is 254 g/mol. The zero-order valence-electron chi connectivity index (χ0n) is 8.59. The Kier molecular flexibility index (Phi) is 7.57. The minimum atomic E-state index is -4.42. The summed E-state index contributed by atoms with van der Waals surface area (Å²) in [7, 11) is -4.42. The van der Waals surface area contributed by atoms with Gasteiger partial charge in [0.05, 0.1) is 0 Å². The third-order valence-electron chi connectivity index (χ3n) is 1.97. The molecule has 0 saturated heterocycles. The number of unbranched alkanes of at least 4 members (excludes halogenated alkanes) is 1. The van der Waals surface area contributed by atoms with Crippen LogP contribution in [0.2, 0.25) is 0 Å². The van der Waals surface area contributed by atoms with Crippen molar-refractivity contribution in [3.05, 3.63) is 29.8 Å². The molecular weight excluding hydrogens is 238 g/mol. The standard InChI is InChI=1S/C10H15O4P.Na.H/c1-2-3-4-9-5-7-10(8-6-9)14-15(11,12)13;;/h5-8H,2-4H2,1H3,(H2,11,12,13);;. The number of rotatable bonds is 5. The van der Waals surface area contributed by atoms with E-state index >= 15 is 0 Å². The molecule has 0 spiro atoms. The Labute approximate surface area is 118 Å². The quantitative estimate of drug-likeness (QED) is 0.621. The molecule has 0 fully saturated rings. The molecule has 0 unspecified atom stereocenters. The van der Waals surface area contributed by atoms with E-state index < -0.39 is 7.82 Å². The van der Waals surface area contributed by atoms with E-state index in [1.807, 2.05) is 12.1 Å². The molecule has 6 heteroatoms. The summed E-state index contributed by atoms with van der Waals surface area (Å²) in [5.41, 5.74) is 1.15. The van der Waals surface area contributed by atoms with Crippen molar-refractivity contribution in [3.63, 3.8) is 0 Å². The molecule has 0 aliphatic heterocycles. The predicted octanol–water partition coefficient (Wildman–Crippen LogP) is 1.85. The average Bonchev–Trinajstić information content (AvgIpc) is 2.14. The van der Waals surface area contributed by atoms with Crippen LogP contribution in [0.5, 0.6) is 5.75 Å². The van der Waals surface area contributed by atoms with Crippen molar-refractivity contribution in [1.29, 1.82) is 0 Å². The van der Waals surface area contributed by atoms with E-state index in [-0.39, 0.29) is 35.3 Å². The van der Waals surface area contributed by atoms with Gasteiger partial charge in [0.2, 0.25) is 0 Å². The normalized spacial score (nSPS) is 10.7. The van der Waals surface area contributed by atoms with Crippen molar-refractivity contribution < 1.29 is 18.9 Å². The van der Waals surface area contributed by atoms with Crippen LogP contribution in [0, 0.1) is 0 Å². The molecule has 1 aromatic carbocycles. The van der Waals surface area contributed by atoms with E-state index in [9.17, 15) is 4.57 Å². The summed E-state index contributed by atoms with van der Waals surface area (Å²) >= 11 is 0. The molecular formula is C10H16NaO4P. The van der Waals surface area contributed by atoms with E-state index in [0.717, 1.165) is 24.8 Å². The molecule has 0 heterocycles. The van der Waals surface area contributed by atoms with E-state index in [2.05, 4.69) is 11.4 Å². The van der Waals surface area contributed by atoms with Crippen LogP contribution < -0.4 is 4.52 Å². The fourth-order valence-electron chi connectivity index (χ4n) is 1.24. The van der Waals surface area contributed by atoms with Crippen LogP contribution >= 0.6 is 7.82 Å². The average molecular weight is 254 g/mol. The Balaban J connectivity index is 0.00000225. The molecule has 0 amide bonds. The molecule has 0 aromatic heterocycles. The molecule has 0 aliphatic carbocycles. The summed E-state index contributed by atoms with van der Waals surface area (Å²) < 4.78 is 15.0. The fraction of sp³-hybridized carbons (Fsp3) is 0.400. The maximum absolute atomic E-state index is 10.5. The van der Waals surface area contributed by atoms with Gasteiger partial charge in [0.25, 0.3) is 0 Å². The van der Waals surface area contributed by atoms with Crippen LogP contribution in [-0.4, -0.2) is 39.3 Å². The Morgan fingerprint density at radius 2 is 1.81 bits per heavy atom. The summed E-state index contributed by atoms with van der Waals surface area (Å²) in [4.78, 5) is 17.1. The second-order valence-electron chi connectivity index (χ2n) is 3.33. The molecule has 0 aliphatic rings. The van der Waals surface area contributed by atoms with Crippen molar-refractivity contribution >= 4 is 37.4 Å². The van der Waals surface area contributed by atoms with Gasteiger partial charge < -0.3 is 4.52 Å².